The fraction of sp³-hybridized carbons (Fsp3) is 0.800. The number of nitrogens with zero attached hydrogens (tertiary/aromatic N) is 1. The Balaban J connectivity index is 2.75. The van der Waals surface area contributed by atoms with E-state index < -0.39 is 23.8 Å². The summed E-state index contributed by atoms with van der Waals surface area (Å²) in [6, 6.07) is -0.250. The normalized spacial score (nSPS) is 27.2. The van der Waals surface area contributed by atoms with Gasteiger partial charge in [-0.25, -0.2) is 4.79 Å². The Morgan fingerprint density at radius 3 is 2.06 bits per heavy atom. The van der Waals surface area contributed by atoms with Crippen LogP contribution in [0.15, 0.2) is 0 Å². The summed E-state index contributed by atoms with van der Waals surface area (Å²) in [5, 5.41) is 0. The van der Waals surface area contributed by atoms with Gasteiger partial charge in [0.2, 0.25) is 5.72 Å². The Bertz CT molecular complexity index is 360. The molecule has 1 aliphatic heterocycles. The Morgan fingerprint density at radius 1 is 1.28 bits per heavy atom. The zero-order chi connectivity index (χ0) is 14.3. The first kappa shape index (κ1) is 14.7. The number of amides is 1. The lowest BCUT2D eigenvalue weighted by Gasteiger charge is -2.47. The predicted molar refractivity (Wildman–Crippen MR) is 55.1 cm³/mol. The smallest absolute Gasteiger partial charge is 0.428 e. The van der Waals surface area contributed by atoms with Crippen LogP contribution in [-0.4, -0.2) is 40.8 Å². The molecule has 0 radical (unpaired) electrons. The van der Waals surface area contributed by atoms with Crippen molar-refractivity contribution in [1.29, 1.82) is 0 Å². The van der Waals surface area contributed by atoms with Crippen LogP contribution in [0.3, 0.4) is 0 Å². The van der Waals surface area contributed by atoms with Gasteiger partial charge < -0.3 is 9.64 Å². The summed E-state index contributed by atoms with van der Waals surface area (Å²) >= 11 is 0. The Kier molecular flexibility index (Phi) is 3.62. The van der Waals surface area contributed by atoms with Crippen molar-refractivity contribution in [3.05, 3.63) is 0 Å². The summed E-state index contributed by atoms with van der Waals surface area (Å²) in [5.74, 6) is -3.30. The molecule has 1 rings (SSSR count). The zero-order valence-electron chi connectivity index (χ0n) is 10.2. The van der Waals surface area contributed by atoms with Crippen LogP contribution < -0.4 is 5.73 Å². The van der Waals surface area contributed by atoms with E-state index in [0.717, 1.165) is 13.3 Å². The average Bonchev–Trinajstić information content (AvgIpc) is 2.14. The van der Waals surface area contributed by atoms with Crippen LogP contribution in [0.1, 0.15) is 27.2 Å². The third-order valence-corrected chi connectivity index (χ3v) is 2.83. The molecule has 0 bridgehead atoms. The second-order valence-corrected chi connectivity index (χ2v) is 4.64. The fourth-order valence-corrected chi connectivity index (χ4v) is 1.97. The number of rotatable bonds is 2. The van der Waals surface area contributed by atoms with E-state index in [1.54, 1.807) is 13.8 Å². The van der Waals surface area contributed by atoms with Gasteiger partial charge in [-0.2, -0.15) is 13.2 Å². The Labute approximate surface area is 102 Å². The van der Waals surface area contributed by atoms with E-state index >= 15 is 0 Å². The summed E-state index contributed by atoms with van der Waals surface area (Å²) in [6.07, 6.45) is -4.44. The highest BCUT2D eigenvalue weighted by atomic mass is 19.4. The maximum Gasteiger partial charge on any atom is 0.491 e. The Hall–Kier alpha value is -1.31. The van der Waals surface area contributed by atoms with Crippen molar-refractivity contribution in [2.75, 3.05) is 0 Å². The van der Waals surface area contributed by atoms with E-state index in [9.17, 15) is 22.8 Å². The average molecular weight is 268 g/mol. The van der Waals surface area contributed by atoms with Crippen LogP contribution in [0.25, 0.3) is 0 Å². The molecule has 0 aromatic rings. The lowest BCUT2D eigenvalue weighted by molar-refractivity contribution is -0.216. The number of esters is 1. The van der Waals surface area contributed by atoms with Crippen molar-refractivity contribution in [1.82, 2.24) is 4.90 Å². The van der Waals surface area contributed by atoms with Crippen LogP contribution in [-0.2, 0) is 14.3 Å². The molecule has 104 valence electrons. The van der Waals surface area contributed by atoms with Gasteiger partial charge in [0, 0.05) is 12.1 Å². The maximum absolute atomic E-state index is 12.0. The lowest BCUT2D eigenvalue weighted by atomic mass is 9.94. The topological polar surface area (TPSA) is 72.6 Å². The monoisotopic (exact) mass is 268 g/mol. The first-order valence-corrected chi connectivity index (χ1v) is 5.38. The van der Waals surface area contributed by atoms with Crippen LogP contribution in [0.4, 0.5) is 13.2 Å². The van der Waals surface area contributed by atoms with Gasteiger partial charge in [0.1, 0.15) is 0 Å². The van der Waals surface area contributed by atoms with E-state index in [0.29, 0.717) is 0 Å². The van der Waals surface area contributed by atoms with Crippen molar-refractivity contribution in [2.24, 2.45) is 5.73 Å². The van der Waals surface area contributed by atoms with Gasteiger partial charge in [0.05, 0.1) is 0 Å². The van der Waals surface area contributed by atoms with Crippen molar-refractivity contribution in [3.63, 3.8) is 0 Å². The highest BCUT2D eigenvalue weighted by molar-refractivity contribution is 5.88. The van der Waals surface area contributed by atoms with Crippen LogP contribution in [0, 0.1) is 0 Å². The molecular formula is C10H15F3N2O3. The molecule has 0 aliphatic carbocycles. The third kappa shape index (κ3) is 2.74. The van der Waals surface area contributed by atoms with E-state index in [1.807, 2.05) is 0 Å². The molecule has 1 saturated heterocycles. The van der Waals surface area contributed by atoms with Crippen molar-refractivity contribution < 1.29 is 27.5 Å². The van der Waals surface area contributed by atoms with Gasteiger partial charge in [0.15, 0.2) is 0 Å². The molecule has 0 saturated carbocycles. The highest BCUT2D eigenvalue weighted by Crippen LogP contribution is 2.28. The lowest BCUT2D eigenvalue weighted by Crippen LogP contribution is -2.65. The Morgan fingerprint density at radius 2 is 1.72 bits per heavy atom. The number of likely N-dealkylation sites (tertiary alicyclic amines) is 1. The van der Waals surface area contributed by atoms with Crippen LogP contribution in [0.5, 0.6) is 0 Å². The minimum atomic E-state index is -5.17. The number of hydrogen-bond acceptors (Lipinski definition) is 4. The molecule has 0 aromatic carbocycles. The predicted octanol–water partition coefficient (Wildman–Crippen LogP) is 0.776. The maximum atomic E-state index is 12.0. The van der Waals surface area contributed by atoms with Crippen LogP contribution >= 0.6 is 0 Å². The van der Waals surface area contributed by atoms with E-state index in [1.165, 1.54) is 4.90 Å². The molecule has 0 spiro atoms. The number of carbonyl (C=O) groups is 2. The van der Waals surface area contributed by atoms with E-state index in [-0.39, 0.29) is 12.1 Å². The zero-order valence-corrected chi connectivity index (χ0v) is 10.2. The van der Waals surface area contributed by atoms with Gasteiger partial charge in [-0.05, 0) is 27.2 Å². The van der Waals surface area contributed by atoms with E-state index in [2.05, 4.69) is 4.74 Å². The molecule has 0 unspecified atom stereocenters. The fourth-order valence-electron chi connectivity index (χ4n) is 1.97. The second kappa shape index (κ2) is 4.42. The minimum Gasteiger partial charge on any atom is -0.428 e. The molecule has 1 heterocycles. The molecule has 2 N–H and O–H groups in total. The van der Waals surface area contributed by atoms with Crippen LogP contribution in [0.2, 0.25) is 0 Å². The summed E-state index contributed by atoms with van der Waals surface area (Å²) in [7, 11) is 0. The second-order valence-electron chi connectivity index (χ2n) is 4.64. The summed E-state index contributed by atoms with van der Waals surface area (Å²) in [5.41, 5.74) is 3.05. The largest absolute Gasteiger partial charge is 0.491 e. The first-order chi connectivity index (χ1) is 7.97. The van der Waals surface area contributed by atoms with Gasteiger partial charge >= 0.3 is 12.1 Å². The van der Waals surface area contributed by atoms with Gasteiger partial charge in [-0.3, -0.25) is 10.5 Å². The molecule has 1 fully saturated rings. The van der Waals surface area contributed by atoms with Crippen molar-refractivity contribution >= 4 is 11.9 Å². The van der Waals surface area contributed by atoms with E-state index in [4.69, 9.17) is 5.73 Å². The molecule has 18 heavy (non-hydrogen) atoms. The SMILES string of the molecule is C[C@@H]1C[C@@H](C)N1C(=O)[C@](C)(N)OC(=O)C(F)(F)F. The summed E-state index contributed by atoms with van der Waals surface area (Å²) in [4.78, 5) is 23.9. The number of halogens is 3. The number of alkyl halides is 3. The van der Waals surface area contributed by atoms with Gasteiger partial charge in [-0.1, -0.05) is 0 Å². The number of ether oxygens (including phenoxy) is 1. The molecule has 3 atom stereocenters. The molecule has 5 nitrogen and oxygen atoms in total. The number of nitrogens with two attached hydrogens (primary N) is 1. The van der Waals surface area contributed by atoms with Crippen molar-refractivity contribution in [2.45, 2.75) is 51.2 Å². The third-order valence-electron chi connectivity index (χ3n) is 2.83. The number of carbonyl (C=O) groups excluding carboxylic acids is 2. The summed E-state index contributed by atoms with van der Waals surface area (Å²) < 4.78 is 40.2. The van der Waals surface area contributed by atoms with Crippen molar-refractivity contribution in [3.8, 4) is 0 Å². The first-order valence-electron chi connectivity index (χ1n) is 5.38. The molecular weight excluding hydrogens is 253 g/mol. The quantitative estimate of drug-likeness (QED) is 0.593. The molecule has 1 amide bonds. The van der Waals surface area contributed by atoms with Gasteiger partial charge in [0.25, 0.3) is 5.91 Å². The standard InChI is InChI=1S/C10H15F3N2O3/c1-5-4-6(2)15(5)7(16)9(3,14)18-8(17)10(11,12)13/h5-6H,4,14H2,1-3H3/t5-,6-,9-/m1/s1. The minimum absolute atomic E-state index is 0.125. The number of hydrogen-bond donors (Lipinski definition) is 1. The van der Waals surface area contributed by atoms with Gasteiger partial charge in [-0.15, -0.1) is 0 Å². The molecule has 0 aromatic heterocycles. The molecule has 1 aliphatic rings. The highest BCUT2D eigenvalue weighted by Gasteiger charge is 2.50. The molecule has 8 heteroatoms. The summed E-state index contributed by atoms with van der Waals surface area (Å²) in [6.45, 7) is 4.41.